The number of carbonyl (C=O) groups is 2. The highest BCUT2D eigenvalue weighted by atomic mass is 16.7. The van der Waals surface area contributed by atoms with E-state index in [2.05, 4.69) is 61.7 Å². The molecule has 0 saturated carbocycles. The van der Waals surface area contributed by atoms with Crippen LogP contribution in [0.2, 0.25) is 0 Å². The summed E-state index contributed by atoms with van der Waals surface area (Å²) in [5.74, 6) is 0.472. The van der Waals surface area contributed by atoms with Crippen LogP contribution in [0.15, 0.2) is 122 Å². The maximum Gasteiger partial charge on any atom is 0.333 e. The van der Waals surface area contributed by atoms with Crippen LogP contribution in [0.25, 0.3) is 11.1 Å². The minimum absolute atomic E-state index is 0.0524. The van der Waals surface area contributed by atoms with Gasteiger partial charge in [-0.3, -0.25) is 4.79 Å². The predicted molar refractivity (Wildman–Crippen MR) is 146 cm³/mol. The van der Waals surface area contributed by atoms with E-state index in [9.17, 15) is 9.59 Å². The SMILES string of the molecule is C=CC(=O)COc1ccc(C2(c3ccc(OCOC(=O)C=C)cc3)c3ccccc3-c3ccccc32)cc1. The number of rotatable bonds is 10. The molecule has 0 fully saturated rings. The molecule has 4 aromatic carbocycles. The molecule has 38 heavy (non-hydrogen) atoms. The van der Waals surface area contributed by atoms with Crippen LogP contribution in [-0.2, 0) is 19.7 Å². The molecule has 5 heteroatoms. The monoisotopic (exact) mass is 502 g/mol. The largest absolute Gasteiger partial charge is 0.485 e. The van der Waals surface area contributed by atoms with Gasteiger partial charge in [0, 0.05) is 6.08 Å². The average molecular weight is 503 g/mol. The van der Waals surface area contributed by atoms with Gasteiger partial charge in [0.15, 0.2) is 12.4 Å². The summed E-state index contributed by atoms with van der Waals surface area (Å²) in [6, 6.07) is 32.6. The number of hydrogen-bond donors (Lipinski definition) is 0. The summed E-state index contributed by atoms with van der Waals surface area (Å²) < 4.78 is 16.2. The quantitative estimate of drug-likeness (QED) is 0.128. The highest BCUT2D eigenvalue weighted by Crippen LogP contribution is 2.56. The van der Waals surface area contributed by atoms with Crippen molar-refractivity contribution in [3.05, 3.63) is 145 Å². The molecular formula is C33H26O5. The molecule has 0 aliphatic heterocycles. The lowest BCUT2D eigenvalue weighted by Gasteiger charge is -2.34. The van der Waals surface area contributed by atoms with Gasteiger partial charge in [-0.1, -0.05) is 86.0 Å². The van der Waals surface area contributed by atoms with Crippen molar-refractivity contribution in [2.45, 2.75) is 5.41 Å². The molecule has 5 nitrogen and oxygen atoms in total. The fourth-order valence-electron chi connectivity index (χ4n) is 5.05. The van der Waals surface area contributed by atoms with Crippen LogP contribution in [0, 0.1) is 0 Å². The van der Waals surface area contributed by atoms with E-state index < -0.39 is 11.4 Å². The first-order valence-electron chi connectivity index (χ1n) is 12.2. The Morgan fingerprint density at radius 1 is 0.658 bits per heavy atom. The Balaban J connectivity index is 1.59. The molecule has 4 aromatic rings. The molecule has 0 aromatic heterocycles. The third-order valence-corrected chi connectivity index (χ3v) is 6.73. The molecule has 0 unspecified atom stereocenters. The molecule has 0 heterocycles. The average Bonchev–Trinajstić information content (AvgIpc) is 3.27. The van der Waals surface area contributed by atoms with Gasteiger partial charge >= 0.3 is 5.97 Å². The Morgan fingerprint density at radius 2 is 1.16 bits per heavy atom. The Kier molecular flexibility index (Phi) is 6.92. The number of fused-ring (bicyclic) bond motifs is 3. The summed E-state index contributed by atoms with van der Waals surface area (Å²) in [7, 11) is 0. The standard InChI is InChI=1S/C33H26O5/c1-3-25(34)21-36-26-17-13-23(14-18-26)33(24-15-19-27(20-16-24)37-22-38-32(35)4-2)30-11-7-5-9-28(30)29-10-6-8-12-31(29)33/h3-20H,1-2,21-22H2. The van der Waals surface area contributed by atoms with Gasteiger partial charge in [0.25, 0.3) is 0 Å². The Hall–Kier alpha value is -4.90. The van der Waals surface area contributed by atoms with E-state index in [1.807, 2.05) is 48.5 Å². The van der Waals surface area contributed by atoms with Crippen LogP contribution < -0.4 is 9.47 Å². The second kappa shape index (κ2) is 10.6. The van der Waals surface area contributed by atoms with Gasteiger partial charge in [-0.25, -0.2) is 4.79 Å². The molecule has 0 saturated heterocycles. The summed E-state index contributed by atoms with van der Waals surface area (Å²) in [5, 5.41) is 0. The van der Waals surface area contributed by atoms with Crippen LogP contribution in [-0.4, -0.2) is 25.2 Å². The van der Waals surface area contributed by atoms with Crippen LogP contribution in [0.5, 0.6) is 11.5 Å². The lowest BCUT2D eigenvalue weighted by molar-refractivity contribution is -0.144. The predicted octanol–water partition coefficient (Wildman–Crippen LogP) is 6.25. The first kappa shape index (κ1) is 24.8. The maximum atomic E-state index is 11.6. The number of ketones is 1. The van der Waals surface area contributed by atoms with E-state index in [0.717, 1.165) is 17.2 Å². The highest BCUT2D eigenvalue weighted by Gasteiger charge is 2.45. The number of hydrogen-bond acceptors (Lipinski definition) is 5. The molecule has 0 atom stereocenters. The molecule has 0 amide bonds. The second-order valence-corrected chi connectivity index (χ2v) is 8.78. The number of esters is 1. The molecule has 0 N–H and O–H groups in total. The number of benzene rings is 4. The van der Waals surface area contributed by atoms with Crippen molar-refractivity contribution < 1.29 is 23.8 Å². The smallest absolute Gasteiger partial charge is 0.333 e. The van der Waals surface area contributed by atoms with Crippen LogP contribution in [0.1, 0.15) is 22.3 Å². The Bertz CT molecular complexity index is 1450. The molecule has 0 bridgehead atoms. The fraction of sp³-hybridized carbons (Fsp3) is 0.0909. The summed E-state index contributed by atoms with van der Waals surface area (Å²) >= 11 is 0. The molecule has 1 aliphatic rings. The summed E-state index contributed by atoms with van der Waals surface area (Å²) in [4.78, 5) is 23.0. The zero-order valence-corrected chi connectivity index (χ0v) is 20.8. The number of carbonyl (C=O) groups excluding carboxylic acids is 2. The molecule has 5 rings (SSSR count). The second-order valence-electron chi connectivity index (χ2n) is 8.78. The van der Waals surface area contributed by atoms with E-state index >= 15 is 0 Å². The minimum atomic E-state index is -0.587. The van der Waals surface area contributed by atoms with Crippen molar-refractivity contribution in [1.29, 1.82) is 0 Å². The van der Waals surface area contributed by atoms with Crippen molar-refractivity contribution in [1.82, 2.24) is 0 Å². The summed E-state index contributed by atoms with van der Waals surface area (Å²) in [5.41, 5.74) is 6.23. The van der Waals surface area contributed by atoms with Gasteiger partial charge in [-0.05, 0) is 63.7 Å². The van der Waals surface area contributed by atoms with E-state index in [-0.39, 0.29) is 19.2 Å². The zero-order valence-electron chi connectivity index (χ0n) is 20.8. The lowest BCUT2D eigenvalue weighted by atomic mass is 9.68. The van der Waals surface area contributed by atoms with Gasteiger partial charge in [0.2, 0.25) is 6.79 Å². The van der Waals surface area contributed by atoms with Crippen LogP contribution in [0.4, 0.5) is 0 Å². The zero-order chi connectivity index (χ0) is 26.5. The first-order valence-corrected chi connectivity index (χ1v) is 12.2. The fourth-order valence-corrected chi connectivity index (χ4v) is 5.05. The van der Waals surface area contributed by atoms with Gasteiger partial charge in [-0.15, -0.1) is 0 Å². The van der Waals surface area contributed by atoms with Crippen molar-refractivity contribution >= 4 is 11.8 Å². The van der Waals surface area contributed by atoms with Gasteiger partial charge in [0.1, 0.15) is 11.5 Å². The molecular weight excluding hydrogens is 476 g/mol. The molecule has 1 aliphatic carbocycles. The minimum Gasteiger partial charge on any atom is -0.485 e. The Labute approximate surface area is 221 Å². The van der Waals surface area contributed by atoms with E-state index in [0.29, 0.717) is 11.5 Å². The van der Waals surface area contributed by atoms with Gasteiger partial charge < -0.3 is 14.2 Å². The van der Waals surface area contributed by atoms with E-state index in [1.165, 1.54) is 28.3 Å². The molecule has 188 valence electrons. The van der Waals surface area contributed by atoms with Crippen molar-refractivity contribution in [2.24, 2.45) is 0 Å². The van der Waals surface area contributed by atoms with E-state index in [4.69, 9.17) is 14.2 Å². The van der Waals surface area contributed by atoms with Gasteiger partial charge in [-0.2, -0.15) is 0 Å². The van der Waals surface area contributed by atoms with Crippen molar-refractivity contribution in [2.75, 3.05) is 13.4 Å². The molecule has 0 radical (unpaired) electrons. The van der Waals surface area contributed by atoms with Crippen LogP contribution >= 0.6 is 0 Å². The van der Waals surface area contributed by atoms with Crippen LogP contribution in [0.3, 0.4) is 0 Å². The first-order chi connectivity index (χ1) is 18.6. The van der Waals surface area contributed by atoms with Crippen molar-refractivity contribution in [3.63, 3.8) is 0 Å². The maximum absolute atomic E-state index is 11.6. The highest BCUT2D eigenvalue weighted by molar-refractivity contribution is 5.90. The lowest BCUT2D eigenvalue weighted by Crippen LogP contribution is -2.28. The third-order valence-electron chi connectivity index (χ3n) is 6.73. The van der Waals surface area contributed by atoms with Crippen molar-refractivity contribution in [3.8, 4) is 22.6 Å². The van der Waals surface area contributed by atoms with Gasteiger partial charge in [0.05, 0.1) is 5.41 Å². The third kappa shape index (κ3) is 4.39. The normalized spacial score (nSPS) is 12.5. The Morgan fingerprint density at radius 3 is 1.66 bits per heavy atom. The molecule has 0 spiro atoms. The summed E-state index contributed by atoms with van der Waals surface area (Å²) in [6.45, 7) is 6.63. The topological polar surface area (TPSA) is 61.8 Å². The number of ether oxygens (including phenoxy) is 3. The summed E-state index contributed by atoms with van der Waals surface area (Å²) in [6.07, 6.45) is 2.35. The van der Waals surface area contributed by atoms with E-state index in [1.54, 1.807) is 0 Å².